The van der Waals surface area contributed by atoms with Crippen LogP contribution in [0, 0.1) is 22.7 Å². The van der Waals surface area contributed by atoms with Crippen molar-refractivity contribution in [1.29, 1.82) is 0 Å². The fourth-order valence-corrected chi connectivity index (χ4v) is 11.1. The Morgan fingerprint density at radius 3 is 1.92 bits per heavy atom. The summed E-state index contributed by atoms with van der Waals surface area (Å²) >= 11 is 0. The fraction of sp³-hybridized carbons (Fsp3) is 0.878. The van der Waals surface area contributed by atoms with Crippen LogP contribution in [-0.2, 0) is 33.2 Å². The second-order valence-corrected chi connectivity index (χ2v) is 23.4. The summed E-state index contributed by atoms with van der Waals surface area (Å²) in [5.41, 5.74) is -0.476. The van der Waals surface area contributed by atoms with E-state index in [9.17, 15) is 0 Å². The Bertz CT molecular complexity index is 1630. The highest BCUT2D eigenvalue weighted by Gasteiger charge is 2.67. The molecule has 3 heterocycles. The van der Waals surface area contributed by atoms with Gasteiger partial charge in [-0.3, -0.25) is 4.90 Å². The molecule has 2 bridgehead atoms. The van der Waals surface area contributed by atoms with Crippen LogP contribution in [0.3, 0.4) is 0 Å². The molecule has 0 N–H and O–H groups in total. The van der Waals surface area contributed by atoms with E-state index in [0.29, 0.717) is 60.4 Å². The molecule has 0 spiro atoms. The van der Waals surface area contributed by atoms with Crippen molar-refractivity contribution in [3.8, 4) is 11.8 Å². The standard InChI is InChI=1S/C49H80N4O7/c1-43(2,3)58-38-23-36(24-38)56-34-49-30-48(31-49,32-49)33-54-21-22-55-40-27-53(28-40)45(7,8)29-47(11,12)60-46(9,10)17-13-41-50-18-14-42(51-41)52-19-15-35(16-20-52)57-37-25-39(26-37)59-44(4,5)6/h14,18,35-40H,15-16,19-34H2,1-12H3. The van der Waals surface area contributed by atoms with Crippen molar-refractivity contribution in [2.24, 2.45) is 10.8 Å². The summed E-state index contributed by atoms with van der Waals surface area (Å²) in [6.45, 7) is 32.5. The predicted octanol–water partition coefficient (Wildman–Crippen LogP) is 8.15. The van der Waals surface area contributed by atoms with Crippen molar-refractivity contribution < 1.29 is 33.2 Å². The molecule has 2 aliphatic heterocycles. The zero-order valence-corrected chi connectivity index (χ0v) is 39.5. The zero-order chi connectivity index (χ0) is 43.2. The minimum atomic E-state index is -0.677. The third-order valence-corrected chi connectivity index (χ3v) is 13.4. The van der Waals surface area contributed by atoms with Gasteiger partial charge >= 0.3 is 0 Å². The molecule has 0 aromatic carbocycles. The van der Waals surface area contributed by atoms with Gasteiger partial charge in [-0.2, -0.15) is 0 Å². The molecular weight excluding hydrogens is 757 g/mol. The third-order valence-electron chi connectivity index (χ3n) is 13.4. The normalized spacial score (nSPS) is 30.4. The number of rotatable bonds is 19. The average molecular weight is 837 g/mol. The van der Waals surface area contributed by atoms with Gasteiger partial charge in [0.05, 0.1) is 79.9 Å². The first-order chi connectivity index (χ1) is 27.9. The topological polar surface area (TPSA) is 96.9 Å². The van der Waals surface area contributed by atoms with E-state index in [4.69, 9.17) is 38.1 Å². The van der Waals surface area contributed by atoms with Gasteiger partial charge < -0.3 is 38.1 Å². The van der Waals surface area contributed by atoms with E-state index in [1.807, 2.05) is 26.1 Å². The van der Waals surface area contributed by atoms with Gasteiger partial charge in [-0.05, 0) is 170 Å². The number of nitrogens with zero attached hydrogens (tertiary/aromatic N) is 4. The second kappa shape index (κ2) is 17.6. The van der Waals surface area contributed by atoms with E-state index in [1.165, 1.54) is 19.3 Å². The van der Waals surface area contributed by atoms with Crippen LogP contribution in [0.1, 0.15) is 153 Å². The van der Waals surface area contributed by atoms with Gasteiger partial charge in [0, 0.05) is 37.9 Å². The number of ether oxygens (including phenoxy) is 7. The van der Waals surface area contributed by atoms with Gasteiger partial charge in [-0.25, -0.2) is 9.97 Å². The van der Waals surface area contributed by atoms with Crippen molar-refractivity contribution in [3.05, 3.63) is 18.1 Å². The lowest BCUT2D eigenvalue weighted by atomic mass is 9.35. The number of hydrogen-bond acceptors (Lipinski definition) is 11. The minimum Gasteiger partial charge on any atom is -0.378 e. The molecule has 8 rings (SSSR count). The number of hydrogen-bond donors (Lipinski definition) is 0. The predicted molar refractivity (Wildman–Crippen MR) is 235 cm³/mol. The molecule has 0 radical (unpaired) electrons. The molecule has 60 heavy (non-hydrogen) atoms. The summed E-state index contributed by atoms with van der Waals surface area (Å²) in [5, 5.41) is 0. The Hall–Kier alpha value is -1.88. The van der Waals surface area contributed by atoms with Crippen molar-refractivity contribution in [2.75, 3.05) is 57.5 Å². The Kier molecular flexibility index (Phi) is 13.5. The van der Waals surface area contributed by atoms with Gasteiger partial charge in [0.15, 0.2) is 0 Å². The quantitative estimate of drug-likeness (QED) is 0.0999. The Morgan fingerprint density at radius 2 is 1.30 bits per heavy atom. The lowest BCUT2D eigenvalue weighted by Crippen LogP contribution is -2.66. The maximum Gasteiger partial charge on any atom is 0.206 e. The summed E-state index contributed by atoms with van der Waals surface area (Å²) < 4.78 is 43.9. The molecule has 7 fully saturated rings. The molecule has 338 valence electrons. The van der Waals surface area contributed by atoms with E-state index in [0.717, 1.165) is 90.2 Å². The average Bonchev–Trinajstić information content (AvgIpc) is 3.03. The zero-order valence-electron chi connectivity index (χ0n) is 39.5. The molecule has 1 aromatic rings. The lowest BCUT2D eigenvalue weighted by molar-refractivity contribution is -0.267. The van der Waals surface area contributed by atoms with Crippen LogP contribution in [0.4, 0.5) is 5.82 Å². The molecule has 11 heteroatoms. The van der Waals surface area contributed by atoms with Crippen LogP contribution in [0.15, 0.2) is 12.3 Å². The number of anilines is 1. The molecule has 5 saturated carbocycles. The first kappa shape index (κ1) is 46.1. The first-order valence-electron chi connectivity index (χ1n) is 23.3. The van der Waals surface area contributed by atoms with Gasteiger partial charge in [-0.1, -0.05) is 5.92 Å². The Labute approximate surface area is 363 Å². The number of aromatic nitrogens is 2. The second-order valence-electron chi connectivity index (χ2n) is 23.4. The summed E-state index contributed by atoms with van der Waals surface area (Å²) in [7, 11) is 0. The van der Waals surface area contributed by atoms with Gasteiger partial charge in [0.1, 0.15) is 11.4 Å². The largest absolute Gasteiger partial charge is 0.378 e. The molecule has 2 saturated heterocycles. The van der Waals surface area contributed by atoms with Gasteiger partial charge in [0.25, 0.3) is 0 Å². The lowest BCUT2D eigenvalue weighted by Gasteiger charge is -2.70. The molecular formula is C49H80N4O7. The highest BCUT2D eigenvalue weighted by molar-refractivity contribution is 5.40. The van der Waals surface area contributed by atoms with E-state index in [1.54, 1.807) is 0 Å². The van der Waals surface area contributed by atoms with Crippen molar-refractivity contribution in [3.63, 3.8) is 0 Å². The molecule has 11 nitrogen and oxygen atoms in total. The van der Waals surface area contributed by atoms with Crippen molar-refractivity contribution in [2.45, 2.75) is 212 Å². The summed E-state index contributed by atoms with van der Waals surface area (Å²) in [6, 6.07) is 1.98. The van der Waals surface area contributed by atoms with Crippen LogP contribution in [0.5, 0.6) is 0 Å². The van der Waals surface area contributed by atoms with Crippen LogP contribution < -0.4 is 4.90 Å². The number of piperidine rings is 1. The van der Waals surface area contributed by atoms with E-state index < -0.39 is 11.2 Å². The molecule has 1 aromatic heterocycles. The first-order valence-corrected chi connectivity index (χ1v) is 23.3. The van der Waals surface area contributed by atoms with E-state index >= 15 is 0 Å². The highest BCUT2D eigenvalue weighted by Crippen LogP contribution is 2.73. The molecule has 0 amide bonds. The maximum absolute atomic E-state index is 6.71. The van der Waals surface area contributed by atoms with Gasteiger partial charge in [-0.15, -0.1) is 0 Å². The van der Waals surface area contributed by atoms with E-state index in [-0.39, 0.29) is 22.8 Å². The summed E-state index contributed by atoms with van der Waals surface area (Å²) in [6.07, 6.45) is 14.4. The fourth-order valence-electron chi connectivity index (χ4n) is 11.1. The monoisotopic (exact) mass is 837 g/mol. The van der Waals surface area contributed by atoms with Crippen molar-refractivity contribution in [1.82, 2.24) is 14.9 Å². The van der Waals surface area contributed by atoms with Crippen LogP contribution in [0.2, 0.25) is 0 Å². The maximum atomic E-state index is 6.71. The van der Waals surface area contributed by atoms with Crippen LogP contribution in [0.25, 0.3) is 0 Å². The van der Waals surface area contributed by atoms with E-state index in [2.05, 4.69) is 95.9 Å². The van der Waals surface area contributed by atoms with Crippen LogP contribution >= 0.6 is 0 Å². The molecule has 7 aliphatic rings. The smallest absolute Gasteiger partial charge is 0.206 e. The SMILES string of the molecule is CC(C)(C)OC1CC(OCC23CC(COCCOC4CN(C(C)(C)CC(C)(C)OC(C)(C)C#Cc5nccc(N6CCC(OC7CC(OC(C)(C)C)C7)CC6)n5)C4)(C2)C3)C1. The van der Waals surface area contributed by atoms with Crippen molar-refractivity contribution >= 4 is 5.82 Å². The number of likely N-dealkylation sites (tertiary alicyclic amines) is 1. The molecule has 5 aliphatic carbocycles. The summed E-state index contributed by atoms with van der Waals surface area (Å²) in [5.74, 6) is 8.02. The molecule has 0 atom stereocenters. The van der Waals surface area contributed by atoms with Crippen LogP contribution in [-0.4, -0.2) is 132 Å². The highest BCUT2D eigenvalue weighted by atomic mass is 16.5. The van der Waals surface area contributed by atoms with Gasteiger partial charge in [0.2, 0.25) is 5.82 Å². The minimum absolute atomic E-state index is 0.0510. The molecule has 0 unspecified atom stereocenters. The third kappa shape index (κ3) is 12.4. The summed E-state index contributed by atoms with van der Waals surface area (Å²) in [4.78, 5) is 14.2. The Balaban J connectivity index is 0.746. The Morgan fingerprint density at radius 1 is 0.700 bits per heavy atom.